The third-order valence-corrected chi connectivity index (χ3v) is 2.87. The number of nitro groups is 1. The highest BCUT2D eigenvalue weighted by Gasteiger charge is 2.14. The van der Waals surface area contributed by atoms with Gasteiger partial charge < -0.3 is 4.74 Å². The summed E-state index contributed by atoms with van der Waals surface area (Å²) >= 11 is 0. The zero-order valence-electron chi connectivity index (χ0n) is 10.8. The molecular formula is C15H12N2O3. The van der Waals surface area contributed by atoms with Crippen LogP contribution >= 0.6 is 0 Å². The van der Waals surface area contributed by atoms with Gasteiger partial charge in [-0.05, 0) is 18.6 Å². The Bertz CT molecular complexity index is 663. The lowest BCUT2D eigenvalue weighted by atomic mass is 10.1. The molecule has 0 fully saturated rings. The molecule has 0 aromatic heterocycles. The van der Waals surface area contributed by atoms with Crippen molar-refractivity contribution in [2.75, 3.05) is 0 Å². The summed E-state index contributed by atoms with van der Waals surface area (Å²) in [5, 5.41) is 19.7. The van der Waals surface area contributed by atoms with Crippen LogP contribution in [0.3, 0.4) is 0 Å². The highest BCUT2D eigenvalue weighted by atomic mass is 16.6. The molecule has 0 bridgehead atoms. The van der Waals surface area contributed by atoms with Crippen molar-refractivity contribution in [3.63, 3.8) is 0 Å². The molecule has 2 aromatic rings. The number of nitriles is 1. The average molecular weight is 268 g/mol. The van der Waals surface area contributed by atoms with E-state index in [1.165, 1.54) is 18.2 Å². The molecule has 2 aromatic carbocycles. The van der Waals surface area contributed by atoms with Gasteiger partial charge in [-0.2, -0.15) is 5.26 Å². The molecule has 0 aliphatic heterocycles. The van der Waals surface area contributed by atoms with Crippen LogP contribution in [0.25, 0.3) is 0 Å². The van der Waals surface area contributed by atoms with E-state index < -0.39 is 4.92 Å². The van der Waals surface area contributed by atoms with E-state index in [-0.39, 0.29) is 17.4 Å². The summed E-state index contributed by atoms with van der Waals surface area (Å²) in [7, 11) is 0. The number of benzene rings is 2. The van der Waals surface area contributed by atoms with E-state index in [9.17, 15) is 10.1 Å². The van der Waals surface area contributed by atoms with E-state index in [2.05, 4.69) is 0 Å². The zero-order chi connectivity index (χ0) is 14.5. The van der Waals surface area contributed by atoms with Crippen LogP contribution in [0.5, 0.6) is 5.75 Å². The van der Waals surface area contributed by atoms with E-state index in [4.69, 9.17) is 10.00 Å². The Balaban J connectivity index is 2.26. The molecule has 0 amide bonds. The molecule has 2 rings (SSSR count). The van der Waals surface area contributed by atoms with Gasteiger partial charge in [0.1, 0.15) is 23.5 Å². The third-order valence-electron chi connectivity index (χ3n) is 2.87. The second kappa shape index (κ2) is 5.85. The van der Waals surface area contributed by atoms with Gasteiger partial charge >= 0.3 is 0 Å². The maximum absolute atomic E-state index is 10.7. The minimum Gasteiger partial charge on any atom is -0.485 e. The number of rotatable bonds is 4. The molecule has 0 N–H and O–H groups in total. The number of nitro benzene ring substituents is 1. The lowest BCUT2D eigenvalue weighted by Crippen LogP contribution is -2.04. The molecule has 5 heteroatoms. The Hall–Kier alpha value is -2.87. The molecule has 0 radical (unpaired) electrons. The van der Waals surface area contributed by atoms with Gasteiger partial charge in [0, 0.05) is 12.1 Å². The van der Waals surface area contributed by atoms with Crippen LogP contribution in [0.1, 0.15) is 24.2 Å². The topological polar surface area (TPSA) is 76.2 Å². The highest BCUT2D eigenvalue weighted by molar-refractivity contribution is 5.50. The van der Waals surface area contributed by atoms with Crippen molar-refractivity contribution in [2.24, 2.45) is 0 Å². The van der Waals surface area contributed by atoms with Crippen molar-refractivity contribution in [2.45, 2.75) is 13.0 Å². The Morgan fingerprint density at radius 2 is 1.95 bits per heavy atom. The molecule has 20 heavy (non-hydrogen) atoms. The summed E-state index contributed by atoms with van der Waals surface area (Å²) in [6.07, 6.45) is -0.246. The number of ether oxygens (including phenoxy) is 1. The van der Waals surface area contributed by atoms with Crippen LogP contribution in [0.4, 0.5) is 5.69 Å². The summed E-state index contributed by atoms with van der Waals surface area (Å²) in [6.45, 7) is 1.86. The van der Waals surface area contributed by atoms with Crippen molar-refractivity contribution < 1.29 is 9.66 Å². The van der Waals surface area contributed by atoms with Gasteiger partial charge in [-0.15, -0.1) is 0 Å². The molecule has 1 unspecified atom stereocenters. The normalized spacial score (nSPS) is 11.4. The van der Waals surface area contributed by atoms with Crippen molar-refractivity contribution in [3.05, 3.63) is 69.8 Å². The number of non-ortho nitro benzene ring substituents is 1. The Labute approximate surface area is 116 Å². The standard InChI is InChI=1S/C15H12N2O3/c1-11(12-5-3-2-4-6-12)20-15-8-7-14(17(18)19)9-13(15)10-16/h2-9,11H,1H3. The van der Waals surface area contributed by atoms with E-state index in [0.29, 0.717) is 5.75 Å². The van der Waals surface area contributed by atoms with Gasteiger partial charge in [0.2, 0.25) is 0 Å². The number of hydrogen-bond donors (Lipinski definition) is 0. The molecule has 5 nitrogen and oxygen atoms in total. The summed E-state index contributed by atoms with van der Waals surface area (Å²) in [6, 6.07) is 15.5. The monoisotopic (exact) mass is 268 g/mol. The van der Waals surface area contributed by atoms with Gasteiger partial charge in [-0.25, -0.2) is 0 Å². The van der Waals surface area contributed by atoms with Crippen molar-refractivity contribution in [3.8, 4) is 11.8 Å². The molecular weight excluding hydrogens is 256 g/mol. The van der Waals surface area contributed by atoms with E-state index in [0.717, 1.165) is 5.56 Å². The van der Waals surface area contributed by atoms with Crippen LogP contribution in [0, 0.1) is 21.4 Å². The van der Waals surface area contributed by atoms with Crippen molar-refractivity contribution in [1.29, 1.82) is 5.26 Å². The maximum Gasteiger partial charge on any atom is 0.271 e. The van der Waals surface area contributed by atoms with Crippen LogP contribution < -0.4 is 4.74 Å². The largest absolute Gasteiger partial charge is 0.485 e. The fourth-order valence-electron chi connectivity index (χ4n) is 1.80. The van der Waals surface area contributed by atoms with E-state index in [1.807, 2.05) is 43.3 Å². The fraction of sp³-hybridized carbons (Fsp3) is 0.133. The Morgan fingerprint density at radius 1 is 1.25 bits per heavy atom. The fourth-order valence-corrected chi connectivity index (χ4v) is 1.80. The lowest BCUT2D eigenvalue weighted by molar-refractivity contribution is -0.384. The Kier molecular flexibility index (Phi) is 3.96. The molecule has 100 valence electrons. The minimum atomic E-state index is -0.536. The van der Waals surface area contributed by atoms with Crippen molar-refractivity contribution >= 4 is 5.69 Å². The predicted octanol–water partition coefficient (Wildman–Crippen LogP) is 3.61. The zero-order valence-corrected chi connectivity index (χ0v) is 10.8. The minimum absolute atomic E-state index is 0.124. The average Bonchev–Trinajstić information content (AvgIpc) is 2.48. The van der Waals surface area contributed by atoms with Crippen LogP contribution in [-0.2, 0) is 0 Å². The van der Waals surface area contributed by atoms with Gasteiger partial charge in [-0.1, -0.05) is 30.3 Å². The van der Waals surface area contributed by atoms with Gasteiger partial charge in [0.05, 0.1) is 4.92 Å². The number of nitrogens with zero attached hydrogens (tertiary/aromatic N) is 2. The van der Waals surface area contributed by atoms with Crippen molar-refractivity contribution in [1.82, 2.24) is 0 Å². The van der Waals surface area contributed by atoms with Gasteiger partial charge in [0.15, 0.2) is 0 Å². The summed E-state index contributed by atoms with van der Waals surface area (Å²) < 4.78 is 5.71. The van der Waals surface area contributed by atoms with Crippen LogP contribution in [0.15, 0.2) is 48.5 Å². The third kappa shape index (κ3) is 2.93. The maximum atomic E-state index is 10.7. The molecule has 0 saturated heterocycles. The van der Waals surface area contributed by atoms with E-state index >= 15 is 0 Å². The Morgan fingerprint density at radius 3 is 2.55 bits per heavy atom. The highest BCUT2D eigenvalue weighted by Crippen LogP contribution is 2.27. The second-order valence-corrected chi connectivity index (χ2v) is 4.22. The van der Waals surface area contributed by atoms with E-state index in [1.54, 1.807) is 0 Å². The summed E-state index contributed by atoms with van der Waals surface area (Å²) in [4.78, 5) is 10.1. The molecule has 0 spiro atoms. The predicted molar refractivity (Wildman–Crippen MR) is 73.3 cm³/mol. The van der Waals surface area contributed by atoms with Crippen LogP contribution in [-0.4, -0.2) is 4.92 Å². The first-order valence-electron chi connectivity index (χ1n) is 6.02. The first-order chi connectivity index (χ1) is 9.61. The summed E-state index contributed by atoms with van der Waals surface area (Å²) in [5.74, 6) is 0.342. The summed E-state index contributed by atoms with van der Waals surface area (Å²) in [5.41, 5.74) is 0.998. The smallest absolute Gasteiger partial charge is 0.271 e. The number of hydrogen-bond acceptors (Lipinski definition) is 4. The first-order valence-corrected chi connectivity index (χ1v) is 6.02. The quantitative estimate of drug-likeness (QED) is 0.627. The SMILES string of the molecule is CC(Oc1ccc([N+](=O)[O-])cc1C#N)c1ccccc1. The molecule has 0 aliphatic rings. The lowest BCUT2D eigenvalue weighted by Gasteiger charge is -2.15. The van der Waals surface area contributed by atoms with Gasteiger partial charge in [0.25, 0.3) is 5.69 Å². The molecule has 0 saturated carbocycles. The second-order valence-electron chi connectivity index (χ2n) is 4.22. The van der Waals surface area contributed by atoms with Crippen LogP contribution in [0.2, 0.25) is 0 Å². The molecule has 1 atom stereocenters. The molecule has 0 aliphatic carbocycles. The first kappa shape index (κ1) is 13.6. The van der Waals surface area contributed by atoms with Gasteiger partial charge in [-0.3, -0.25) is 10.1 Å². The molecule has 0 heterocycles.